The van der Waals surface area contributed by atoms with Crippen molar-refractivity contribution in [2.75, 3.05) is 0 Å². The summed E-state index contributed by atoms with van der Waals surface area (Å²) in [5, 5.41) is 1.07. The van der Waals surface area contributed by atoms with Crippen LogP contribution in [0.4, 0.5) is 0 Å². The molecule has 5 aromatic rings. The fourth-order valence-electron chi connectivity index (χ4n) is 2.70. The van der Waals surface area contributed by atoms with E-state index in [0.29, 0.717) is 5.82 Å². The van der Waals surface area contributed by atoms with Crippen LogP contribution >= 0.6 is 11.3 Å². The molecule has 0 saturated carbocycles. The first-order chi connectivity index (χ1) is 11.4. The van der Waals surface area contributed by atoms with Crippen LogP contribution in [0.1, 0.15) is 0 Å². The Morgan fingerprint density at radius 3 is 2.61 bits per heavy atom. The van der Waals surface area contributed by atoms with Crippen molar-refractivity contribution in [2.24, 2.45) is 0 Å². The van der Waals surface area contributed by atoms with Crippen LogP contribution in [-0.2, 0) is 0 Å². The largest absolute Gasteiger partial charge is 0.255 e. The van der Waals surface area contributed by atoms with E-state index < -0.39 is 0 Å². The van der Waals surface area contributed by atoms with Crippen LogP contribution in [0.3, 0.4) is 0 Å². The molecule has 23 heavy (non-hydrogen) atoms. The molecule has 5 nitrogen and oxygen atoms in total. The van der Waals surface area contributed by atoms with Gasteiger partial charge in [-0.1, -0.05) is 18.2 Å². The monoisotopic (exact) mass is 315 g/mol. The van der Waals surface area contributed by atoms with E-state index in [1.807, 2.05) is 36.5 Å². The van der Waals surface area contributed by atoms with Crippen LogP contribution in [-0.4, -0.2) is 24.9 Å². The maximum Gasteiger partial charge on any atom is 0.162 e. The number of rotatable bonds is 1. The summed E-state index contributed by atoms with van der Waals surface area (Å²) in [5.74, 6) is 0.659. The Kier molecular flexibility index (Phi) is 2.59. The zero-order valence-corrected chi connectivity index (χ0v) is 12.7. The summed E-state index contributed by atoms with van der Waals surface area (Å²) in [6.45, 7) is 0. The predicted molar refractivity (Wildman–Crippen MR) is 91.2 cm³/mol. The van der Waals surface area contributed by atoms with Crippen molar-refractivity contribution in [3.8, 4) is 11.4 Å². The normalized spacial score (nSPS) is 11.5. The second-order valence-corrected chi connectivity index (χ2v) is 6.13. The van der Waals surface area contributed by atoms with Crippen molar-refractivity contribution in [3.05, 3.63) is 55.1 Å². The fraction of sp³-hybridized carbons (Fsp3) is 0. The number of hydrogen-bond acceptors (Lipinski definition) is 6. The molecule has 1 aromatic carbocycles. The highest BCUT2D eigenvalue weighted by Gasteiger charge is 2.13. The van der Waals surface area contributed by atoms with E-state index in [1.54, 1.807) is 29.9 Å². The number of thiophene rings is 1. The summed E-state index contributed by atoms with van der Waals surface area (Å²) in [7, 11) is 0. The van der Waals surface area contributed by atoms with Gasteiger partial charge >= 0.3 is 0 Å². The number of benzene rings is 1. The zero-order valence-electron chi connectivity index (χ0n) is 11.8. The van der Waals surface area contributed by atoms with Gasteiger partial charge in [0.05, 0.1) is 10.2 Å². The molecule has 0 fully saturated rings. The number of para-hydroxylation sites is 1. The average molecular weight is 315 g/mol. The maximum atomic E-state index is 4.74. The van der Waals surface area contributed by atoms with Crippen molar-refractivity contribution in [1.82, 2.24) is 24.9 Å². The highest BCUT2D eigenvalue weighted by atomic mass is 32.1. The van der Waals surface area contributed by atoms with Gasteiger partial charge in [0.1, 0.15) is 15.9 Å². The van der Waals surface area contributed by atoms with Crippen molar-refractivity contribution in [3.63, 3.8) is 0 Å². The SMILES string of the molecule is c1cnc2c(-c3ncc4sc5nccnc5c4n3)cccc2c1. The van der Waals surface area contributed by atoms with E-state index in [0.717, 1.165) is 37.0 Å². The number of aromatic nitrogens is 5. The van der Waals surface area contributed by atoms with Crippen LogP contribution in [0.2, 0.25) is 0 Å². The van der Waals surface area contributed by atoms with E-state index in [4.69, 9.17) is 4.98 Å². The van der Waals surface area contributed by atoms with Gasteiger partial charge in [-0.3, -0.25) is 4.98 Å². The third-order valence-electron chi connectivity index (χ3n) is 3.72. The maximum absolute atomic E-state index is 4.74. The summed E-state index contributed by atoms with van der Waals surface area (Å²) < 4.78 is 0.989. The molecule has 108 valence electrons. The third kappa shape index (κ3) is 1.89. The van der Waals surface area contributed by atoms with Crippen LogP contribution < -0.4 is 0 Å². The smallest absolute Gasteiger partial charge is 0.162 e. The van der Waals surface area contributed by atoms with E-state index in [1.165, 1.54) is 0 Å². The lowest BCUT2D eigenvalue weighted by atomic mass is 10.1. The van der Waals surface area contributed by atoms with Gasteiger partial charge in [-0.2, -0.15) is 0 Å². The van der Waals surface area contributed by atoms with Gasteiger partial charge in [-0.05, 0) is 12.1 Å². The van der Waals surface area contributed by atoms with Crippen molar-refractivity contribution in [1.29, 1.82) is 0 Å². The van der Waals surface area contributed by atoms with Gasteiger partial charge in [-0.15, -0.1) is 11.3 Å². The van der Waals surface area contributed by atoms with E-state index in [-0.39, 0.29) is 0 Å². The van der Waals surface area contributed by atoms with Crippen LogP contribution in [0.5, 0.6) is 0 Å². The first kappa shape index (κ1) is 12.5. The molecule has 0 aliphatic heterocycles. The molecular formula is C17H9N5S. The second-order valence-electron chi connectivity index (χ2n) is 5.10. The summed E-state index contributed by atoms with van der Waals surface area (Å²) in [4.78, 5) is 23.4. The van der Waals surface area contributed by atoms with E-state index >= 15 is 0 Å². The lowest BCUT2D eigenvalue weighted by molar-refractivity contribution is 1.23. The molecule has 0 amide bonds. The Labute approximate surface area is 134 Å². The second kappa shape index (κ2) is 4.76. The molecule has 0 N–H and O–H groups in total. The summed E-state index contributed by atoms with van der Waals surface area (Å²) in [6, 6.07) is 10.00. The molecule has 4 aromatic heterocycles. The van der Waals surface area contributed by atoms with Crippen LogP contribution in [0, 0.1) is 0 Å². The van der Waals surface area contributed by atoms with Gasteiger partial charge in [0.25, 0.3) is 0 Å². The molecule has 0 atom stereocenters. The number of hydrogen-bond donors (Lipinski definition) is 0. The molecule has 5 rings (SSSR count). The van der Waals surface area contributed by atoms with Crippen molar-refractivity contribution < 1.29 is 0 Å². The quantitative estimate of drug-likeness (QED) is 0.470. The molecule has 4 heterocycles. The fourth-order valence-corrected chi connectivity index (χ4v) is 3.61. The predicted octanol–water partition coefficient (Wildman–Crippen LogP) is 3.85. The molecule has 0 bridgehead atoms. The molecule has 0 aliphatic carbocycles. The first-order valence-electron chi connectivity index (χ1n) is 7.10. The van der Waals surface area contributed by atoms with Crippen LogP contribution in [0.25, 0.3) is 42.9 Å². The van der Waals surface area contributed by atoms with Crippen LogP contribution in [0.15, 0.2) is 55.1 Å². The average Bonchev–Trinajstić information content (AvgIpc) is 2.99. The molecule has 0 aliphatic rings. The minimum Gasteiger partial charge on any atom is -0.255 e. The van der Waals surface area contributed by atoms with Gasteiger partial charge in [0.2, 0.25) is 0 Å². The third-order valence-corrected chi connectivity index (χ3v) is 4.74. The van der Waals surface area contributed by atoms with Gasteiger partial charge in [0, 0.05) is 35.7 Å². The van der Waals surface area contributed by atoms with Gasteiger partial charge in [0.15, 0.2) is 5.82 Å². The topological polar surface area (TPSA) is 64.5 Å². The molecular weight excluding hydrogens is 306 g/mol. The highest BCUT2D eigenvalue weighted by molar-refractivity contribution is 7.25. The number of pyridine rings is 1. The standard InChI is InChI=1S/C17H9N5S/c1-3-10-4-2-6-18-13(10)11(5-1)16-21-9-12-14(22-16)15-17(23-12)20-8-7-19-15/h1-9H. The lowest BCUT2D eigenvalue weighted by Crippen LogP contribution is -1.91. The lowest BCUT2D eigenvalue weighted by Gasteiger charge is -2.04. The minimum atomic E-state index is 0.659. The molecule has 0 spiro atoms. The molecule has 0 unspecified atom stereocenters. The summed E-state index contributed by atoms with van der Waals surface area (Å²) in [5.41, 5.74) is 3.49. The molecule has 0 saturated heterocycles. The Morgan fingerprint density at radius 1 is 0.739 bits per heavy atom. The Balaban J connectivity index is 1.84. The van der Waals surface area contributed by atoms with Crippen molar-refractivity contribution >= 4 is 42.8 Å². The van der Waals surface area contributed by atoms with E-state index in [2.05, 4.69) is 19.9 Å². The number of fused-ring (bicyclic) bond motifs is 4. The highest BCUT2D eigenvalue weighted by Crippen LogP contribution is 2.31. The van der Waals surface area contributed by atoms with E-state index in [9.17, 15) is 0 Å². The molecule has 0 radical (unpaired) electrons. The Hall–Kier alpha value is -2.99. The Bertz CT molecular complexity index is 1180. The first-order valence-corrected chi connectivity index (χ1v) is 7.92. The minimum absolute atomic E-state index is 0.659. The Morgan fingerprint density at radius 2 is 1.61 bits per heavy atom. The molecule has 6 heteroatoms. The summed E-state index contributed by atoms with van der Waals surface area (Å²) in [6.07, 6.45) is 7.01. The zero-order chi connectivity index (χ0) is 15.2. The van der Waals surface area contributed by atoms with Gasteiger partial charge in [-0.25, -0.2) is 19.9 Å². The van der Waals surface area contributed by atoms with Crippen molar-refractivity contribution in [2.45, 2.75) is 0 Å². The summed E-state index contributed by atoms with van der Waals surface area (Å²) >= 11 is 1.55. The van der Waals surface area contributed by atoms with Gasteiger partial charge < -0.3 is 0 Å². The number of nitrogens with zero attached hydrogens (tertiary/aromatic N) is 5.